The summed E-state index contributed by atoms with van der Waals surface area (Å²) in [6.07, 6.45) is 0.0753. The summed E-state index contributed by atoms with van der Waals surface area (Å²) in [7, 11) is 1.38. The lowest BCUT2D eigenvalue weighted by molar-refractivity contribution is -0.143. The molecule has 1 aliphatic heterocycles. The number of benzene rings is 2. The van der Waals surface area contributed by atoms with Gasteiger partial charge in [0.1, 0.15) is 23.1 Å². The van der Waals surface area contributed by atoms with E-state index in [-0.39, 0.29) is 11.7 Å². The number of nitrogens with zero attached hydrogens (tertiary/aromatic N) is 1. The summed E-state index contributed by atoms with van der Waals surface area (Å²) in [5.41, 5.74) is 0.225. The van der Waals surface area contributed by atoms with Gasteiger partial charge in [0.15, 0.2) is 11.6 Å². The van der Waals surface area contributed by atoms with Gasteiger partial charge in [0.2, 0.25) is 5.91 Å². The van der Waals surface area contributed by atoms with Crippen LogP contribution in [0.15, 0.2) is 36.4 Å². The van der Waals surface area contributed by atoms with Gasteiger partial charge in [-0.05, 0) is 57.4 Å². The van der Waals surface area contributed by atoms with E-state index in [9.17, 15) is 28.3 Å². The first-order valence-corrected chi connectivity index (χ1v) is 12.6. The molecule has 2 aromatic carbocycles. The number of likely N-dealkylation sites (tertiary alicyclic amines) is 1. The van der Waals surface area contributed by atoms with Crippen LogP contribution in [0.2, 0.25) is 0 Å². The second-order valence-electron chi connectivity index (χ2n) is 10.4. The molecule has 39 heavy (non-hydrogen) atoms. The molecule has 0 aromatic heterocycles. The molecule has 2 amide bonds. The zero-order chi connectivity index (χ0) is 28.7. The third-order valence-electron chi connectivity index (χ3n) is 6.09. The van der Waals surface area contributed by atoms with Crippen LogP contribution < -0.4 is 14.8 Å². The van der Waals surface area contributed by atoms with Gasteiger partial charge in [0, 0.05) is 30.6 Å². The van der Waals surface area contributed by atoms with E-state index in [0.717, 1.165) is 18.6 Å². The summed E-state index contributed by atoms with van der Waals surface area (Å²) in [6, 6.07) is 7.64. The van der Waals surface area contributed by atoms with E-state index in [1.807, 2.05) is 0 Å². The van der Waals surface area contributed by atoms with Gasteiger partial charge in [-0.25, -0.2) is 13.6 Å². The molecule has 212 valence electrons. The molecule has 1 unspecified atom stereocenters. The summed E-state index contributed by atoms with van der Waals surface area (Å²) >= 11 is 0. The topological polar surface area (TPSA) is 114 Å². The largest absolute Gasteiger partial charge is 0.496 e. The number of carbonyl (C=O) groups excluding carboxylic acids is 2. The van der Waals surface area contributed by atoms with Gasteiger partial charge in [-0.1, -0.05) is 12.1 Å². The third kappa shape index (κ3) is 8.56. The monoisotopic (exact) mass is 548 g/mol. The Bertz CT molecular complexity index is 1180. The summed E-state index contributed by atoms with van der Waals surface area (Å²) in [4.78, 5) is 38.2. The molecule has 0 aliphatic carbocycles. The number of alkyl carbamates (subject to hydrolysis) is 1. The Kier molecular flexibility index (Phi) is 9.71. The highest BCUT2D eigenvalue weighted by Crippen LogP contribution is 2.33. The molecule has 2 atom stereocenters. The van der Waals surface area contributed by atoms with Gasteiger partial charge in [0.25, 0.3) is 0 Å². The Morgan fingerprint density at radius 3 is 2.41 bits per heavy atom. The number of methoxy groups -OCH3 is 1. The first-order chi connectivity index (χ1) is 18.4. The van der Waals surface area contributed by atoms with E-state index in [1.165, 1.54) is 7.11 Å². The standard InChI is InChI=1S/C28H34F2N2O7/c1-28(2,3)39-27(36)31-23(14-25(33)34)26(35)32-11-5-6-17(15-32)16-38-19-9-7-18(8-10-19)20-12-21(29)22(30)13-24(20)37-4/h7-10,12-13,17,23H,5-6,11,14-16H2,1-4H3,(H,31,36)(H,33,34)/t17?,23-/m1/s1. The average molecular weight is 549 g/mol. The number of rotatable bonds is 9. The van der Waals surface area contributed by atoms with Crippen LogP contribution in [-0.2, 0) is 14.3 Å². The summed E-state index contributed by atoms with van der Waals surface area (Å²) in [5.74, 6) is -2.93. The predicted molar refractivity (Wildman–Crippen MR) is 139 cm³/mol. The molecule has 3 rings (SSSR count). The van der Waals surface area contributed by atoms with Crippen LogP contribution in [0.3, 0.4) is 0 Å². The number of carboxylic acid groups (broad SMARTS) is 1. The van der Waals surface area contributed by atoms with Crippen molar-refractivity contribution in [1.29, 1.82) is 0 Å². The summed E-state index contributed by atoms with van der Waals surface area (Å²) < 4.78 is 43.6. The second kappa shape index (κ2) is 12.8. The van der Waals surface area contributed by atoms with Crippen LogP contribution in [0, 0.1) is 17.6 Å². The molecule has 2 N–H and O–H groups in total. The minimum absolute atomic E-state index is 0.0133. The van der Waals surface area contributed by atoms with Crippen molar-refractivity contribution < 1.29 is 42.5 Å². The first-order valence-electron chi connectivity index (χ1n) is 12.6. The highest BCUT2D eigenvalue weighted by molar-refractivity contribution is 5.89. The minimum atomic E-state index is -1.25. The Morgan fingerprint density at radius 2 is 1.79 bits per heavy atom. The zero-order valence-corrected chi connectivity index (χ0v) is 22.5. The number of carbonyl (C=O) groups is 3. The normalized spacial score (nSPS) is 16.3. The molecule has 1 fully saturated rings. The SMILES string of the molecule is COc1cc(F)c(F)cc1-c1ccc(OCC2CCCN(C(=O)[C@@H](CC(=O)O)NC(=O)OC(C)(C)C)C2)cc1. The van der Waals surface area contributed by atoms with E-state index in [4.69, 9.17) is 14.2 Å². The van der Waals surface area contributed by atoms with Crippen molar-refractivity contribution in [2.45, 2.75) is 51.7 Å². The lowest BCUT2D eigenvalue weighted by Gasteiger charge is -2.35. The quantitative estimate of drug-likeness (QED) is 0.470. The molecule has 2 aromatic rings. The molecular formula is C28H34F2N2O7. The molecule has 1 heterocycles. The molecule has 9 nitrogen and oxygen atoms in total. The fourth-order valence-electron chi connectivity index (χ4n) is 4.31. The lowest BCUT2D eigenvalue weighted by atomic mass is 9.98. The number of hydrogen-bond acceptors (Lipinski definition) is 6. The smallest absolute Gasteiger partial charge is 0.408 e. The van der Waals surface area contributed by atoms with Gasteiger partial charge >= 0.3 is 12.1 Å². The van der Waals surface area contributed by atoms with Crippen LogP contribution in [0.1, 0.15) is 40.0 Å². The van der Waals surface area contributed by atoms with Crippen LogP contribution in [0.5, 0.6) is 11.5 Å². The fraction of sp³-hybridized carbons (Fsp3) is 0.464. The van der Waals surface area contributed by atoms with Crippen molar-refractivity contribution in [3.8, 4) is 22.6 Å². The van der Waals surface area contributed by atoms with Crippen LogP contribution in [0.25, 0.3) is 11.1 Å². The van der Waals surface area contributed by atoms with Gasteiger partial charge < -0.3 is 29.5 Å². The number of ether oxygens (including phenoxy) is 3. The van der Waals surface area contributed by atoms with E-state index in [2.05, 4.69) is 5.32 Å². The Morgan fingerprint density at radius 1 is 1.13 bits per heavy atom. The number of nitrogens with one attached hydrogen (secondary N) is 1. The number of aliphatic carboxylic acids is 1. The van der Waals surface area contributed by atoms with E-state index in [1.54, 1.807) is 49.9 Å². The van der Waals surface area contributed by atoms with Crippen LogP contribution in [0.4, 0.5) is 13.6 Å². The number of carboxylic acids is 1. The number of hydrogen-bond donors (Lipinski definition) is 2. The maximum atomic E-state index is 13.8. The van der Waals surface area contributed by atoms with Gasteiger partial charge in [-0.3, -0.25) is 9.59 Å². The maximum absolute atomic E-state index is 13.8. The van der Waals surface area contributed by atoms with Crippen molar-refractivity contribution >= 4 is 18.0 Å². The molecule has 0 saturated carbocycles. The maximum Gasteiger partial charge on any atom is 0.408 e. The Hall–Kier alpha value is -3.89. The third-order valence-corrected chi connectivity index (χ3v) is 6.09. The zero-order valence-electron chi connectivity index (χ0n) is 22.5. The molecule has 1 saturated heterocycles. The van der Waals surface area contributed by atoms with Crippen molar-refractivity contribution in [2.75, 3.05) is 26.8 Å². The fourth-order valence-corrected chi connectivity index (χ4v) is 4.31. The molecular weight excluding hydrogens is 514 g/mol. The number of halogens is 2. The number of amides is 2. The van der Waals surface area contributed by atoms with Gasteiger partial charge in [0.05, 0.1) is 20.1 Å². The Labute approximate surface area is 226 Å². The van der Waals surface area contributed by atoms with Crippen LogP contribution in [-0.4, -0.2) is 66.4 Å². The first kappa shape index (κ1) is 29.7. The Balaban J connectivity index is 1.60. The molecule has 1 aliphatic rings. The summed E-state index contributed by atoms with van der Waals surface area (Å²) in [6.45, 7) is 6.09. The molecule has 0 radical (unpaired) electrons. The van der Waals surface area contributed by atoms with E-state index >= 15 is 0 Å². The lowest BCUT2D eigenvalue weighted by Crippen LogP contribution is -2.53. The van der Waals surface area contributed by atoms with Gasteiger partial charge in [-0.2, -0.15) is 0 Å². The van der Waals surface area contributed by atoms with Crippen molar-refractivity contribution in [2.24, 2.45) is 5.92 Å². The minimum Gasteiger partial charge on any atom is -0.496 e. The van der Waals surface area contributed by atoms with Crippen molar-refractivity contribution in [1.82, 2.24) is 10.2 Å². The second-order valence-corrected chi connectivity index (χ2v) is 10.4. The summed E-state index contributed by atoms with van der Waals surface area (Å²) in [5, 5.41) is 11.7. The molecule has 11 heteroatoms. The van der Waals surface area contributed by atoms with E-state index < -0.39 is 47.7 Å². The van der Waals surface area contributed by atoms with E-state index in [0.29, 0.717) is 43.0 Å². The van der Waals surface area contributed by atoms with Crippen LogP contribution >= 0.6 is 0 Å². The molecule has 0 bridgehead atoms. The van der Waals surface area contributed by atoms with Crippen molar-refractivity contribution in [3.05, 3.63) is 48.0 Å². The average Bonchev–Trinajstić information content (AvgIpc) is 2.87. The van der Waals surface area contributed by atoms with Crippen molar-refractivity contribution in [3.63, 3.8) is 0 Å². The predicted octanol–water partition coefficient (Wildman–Crippen LogP) is 4.63. The van der Waals surface area contributed by atoms with Gasteiger partial charge in [-0.15, -0.1) is 0 Å². The molecule has 0 spiro atoms. The highest BCUT2D eigenvalue weighted by Gasteiger charge is 2.32. The highest BCUT2D eigenvalue weighted by atomic mass is 19.2. The number of piperidine rings is 1.